The molecule has 1 aromatic heterocycles. The second-order valence-corrected chi connectivity index (χ2v) is 9.40. The summed E-state index contributed by atoms with van der Waals surface area (Å²) in [5, 5.41) is 13.2. The van der Waals surface area contributed by atoms with Gasteiger partial charge in [0.2, 0.25) is 0 Å². The first-order valence-corrected chi connectivity index (χ1v) is 12.1. The number of nitrogens with zero attached hydrogens (tertiary/aromatic N) is 1. The van der Waals surface area contributed by atoms with Crippen LogP contribution in [0.25, 0.3) is 16.7 Å². The number of benzene rings is 3. The summed E-state index contributed by atoms with van der Waals surface area (Å²) < 4.78 is 5.35. The molecule has 182 valence electrons. The molecule has 3 aromatic carbocycles. The molecule has 36 heavy (non-hydrogen) atoms. The molecule has 0 saturated carbocycles. The van der Waals surface area contributed by atoms with Crippen LogP contribution in [-0.4, -0.2) is 40.3 Å². The number of H-pyrrole nitrogens is 1. The zero-order valence-corrected chi connectivity index (χ0v) is 20.8. The van der Waals surface area contributed by atoms with Crippen LogP contribution in [0.3, 0.4) is 0 Å². The number of hydrogen-bond donors (Lipinski definition) is 2. The van der Waals surface area contributed by atoms with Gasteiger partial charge in [0, 0.05) is 39.3 Å². The van der Waals surface area contributed by atoms with Gasteiger partial charge in [-0.3, -0.25) is 9.59 Å². The highest BCUT2D eigenvalue weighted by atomic mass is 35.5. The molecule has 1 saturated heterocycles. The second-order valence-electron chi connectivity index (χ2n) is 8.53. The van der Waals surface area contributed by atoms with Crippen molar-refractivity contribution in [1.82, 2.24) is 9.88 Å². The normalized spacial score (nSPS) is 17.2. The van der Waals surface area contributed by atoms with Crippen molar-refractivity contribution in [2.45, 2.75) is 12.5 Å². The van der Waals surface area contributed by atoms with Gasteiger partial charge in [-0.2, -0.15) is 0 Å². The van der Waals surface area contributed by atoms with Gasteiger partial charge in [-0.1, -0.05) is 35.3 Å². The van der Waals surface area contributed by atoms with Crippen LogP contribution in [-0.2, 0) is 16.0 Å². The largest absolute Gasteiger partial charge is 0.507 e. The number of hydrogen-bond acceptors (Lipinski definition) is 4. The molecule has 0 unspecified atom stereocenters. The molecule has 1 fully saturated rings. The van der Waals surface area contributed by atoms with E-state index in [4.69, 9.17) is 27.9 Å². The van der Waals surface area contributed by atoms with Crippen LogP contribution in [0.2, 0.25) is 10.0 Å². The van der Waals surface area contributed by atoms with E-state index in [0.717, 1.165) is 22.2 Å². The number of carbonyl (C=O) groups excluding carboxylic acids is 2. The summed E-state index contributed by atoms with van der Waals surface area (Å²) in [5.41, 5.74) is 3.04. The quantitative estimate of drug-likeness (QED) is 0.181. The van der Waals surface area contributed by atoms with Crippen molar-refractivity contribution in [3.05, 3.63) is 105 Å². The molecular weight excluding hydrogens is 499 g/mol. The molecule has 1 aliphatic rings. The van der Waals surface area contributed by atoms with Crippen molar-refractivity contribution < 1.29 is 19.4 Å². The van der Waals surface area contributed by atoms with Crippen LogP contribution in [0.4, 0.5) is 0 Å². The number of Topliss-reactive ketones (excluding diaryl/α,β-unsaturated/α-hetero) is 1. The number of methoxy groups -OCH3 is 1. The van der Waals surface area contributed by atoms with Gasteiger partial charge in [0.1, 0.15) is 11.5 Å². The predicted octanol–water partition coefficient (Wildman–Crippen LogP) is 6.15. The van der Waals surface area contributed by atoms with Gasteiger partial charge in [0.15, 0.2) is 0 Å². The van der Waals surface area contributed by atoms with Crippen molar-refractivity contribution in [3.63, 3.8) is 0 Å². The molecule has 2 N–H and O–H groups in total. The first-order chi connectivity index (χ1) is 17.4. The van der Waals surface area contributed by atoms with E-state index >= 15 is 0 Å². The van der Waals surface area contributed by atoms with Crippen molar-refractivity contribution in [1.29, 1.82) is 0 Å². The average molecular weight is 521 g/mol. The maximum Gasteiger partial charge on any atom is 0.295 e. The van der Waals surface area contributed by atoms with Crippen LogP contribution >= 0.6 is 23.2 Å². The maximum absolute atomic E-state index is 13.2. The third kappa shape index (κ3) is 4.34. The lowest BCUT2D eigenvalue weighted by molar-refractivity contribution is -0.139. The van der Waals surface area contributed by atoms with Crippen LogP contribution in [0.1, 0.15) is 22.7 Å². The standard InChI is InChI=1S/C28H22Cl2N2O4/c1-36-21-10-11-23-22(14-21)18(15-31-23)12-13-32-25(16-2-6-19(29)7-3-16)24(27(34)28(32)35)26(33)17-4-8-20(30)9-5-17/h2-11,14-15,25,31,33H,12-13H2,1H3/t25-/m1/s1. The second kappa shape index (κ2) is 9.72. The van der Waals surface area contributed by atoms with Gasteiger partial charge >= 0.3 is 0 Å². The number of halogens is 2. The third-order valence-electron chi connectivity index (χ3n) is 6.44. The maximum atomic E-state index is 13.2. The molecule has 0 radical (unpaired) electrons. The Bertz CT molecular complexity index is 1490. The number of aliphatic hydroxyl groups is 1. The third-order valence-corrected chi connectivity index (χ3v) is 6.94. The van der Waals surface area contributed by atoms with Gasteiger partial charge in [0.05, 0.1) is 18.7 Å². The number of rotatable bonds is 6. The van der Waals surface area contributed by atoms with E-state index in [9.17, 15) is 14.7 Å². The molecular formula is C28H22Cl2N2O4. The molecule has 5 rings (SSSR count). The summed E-state index contributed by atoms with van der Waals surface area (Å²) in [7, 11) is 1.61. The highest BCUT2D eigenvalue weighted by Crippen LogP contribution is 2.40. The molecule has 1 atom stereocenters. The SMILES string of the molecule is COc1ccc2[nH]cc(CCN3C(=O)C(=O)C(=C(O)c4ccc(Cl)cc4)[C@H]3c3ccc(Cl)cc3)c2c1. The Kier molecular flexibility index (Phi) is 6.48. The van der Waals surface area contributed by atoms with E-state index in [1.165, 1.54) is 4.90 Å². The van der Waals surface area contributed by atoms with Gasteiger partial charge in [0.25, 0.3) is 11.7 Å². The lowest BCUT2D eigenvalue weighted by Gasteiger charge is -2.25. The van der Waals surface area contributed by atoms with E-state index in [1.54, 1.807) is 55.6 Å². The number of aliphatic hydroxyl groups excluding tert-OH is 1. The molecule has 1 amide bonds. The summed E-state index contributed by atoms with van der Waals surface area (Å²) in [6.07, 6.45) is 2.39. The van der Waals surface area contributed by atoms with Crippen LogP contribution < -0.4 is 4.74 Å². The van der Waals surface area contributed by atoms with Crippen LogP contribution in [0.5, 0.6) is 5.75 Å². The summed E-state index contributed by atoms with van der Waals surface area (Å²) in [4.78, 5) is 31.2. The zero-order chi connectivity index (χ0) is 25.4. The van der Waals surface area contributed by atoms with Crippen molar-refractivity contribution in [2.24, 2.45) is 0 Å². The van der Waals surface area contributed by atoms with Crippen molar-refractivity contribution in [2.75, 3.05) is 13.7 Å². The number of ketones is 1. The first kappa shape index (κ1) is 24.0. The van der Waals surface area contributed by atoms with Gasteiger partial charge in [-0.05, 0) is 72.1 Å². The summed E-state index contributed by atoms with van der Waals surface area (Å²) in [5.74, 6) is -0.914. The number of amides is 1. The summed E-state index contributed by atoms with van der Waals surface area (Å²) in [6.45, 7) is 0.263. The molecule has 0 aliphatic carbocycles. The topological polar surface area (TPSA) is 82.6 Å². The van der Waals surface area contributed by atoms with E-state index in [0.29, 0.717) is 27.6 Å². The lowest BCUT2D eigenvalue weighted by atomic mass is 9.95. The van der Waals surface area contributed by atoms with Crippen LogP contribution in [0, 0.1) is 0 Å². The molecule has 1 aliphatic heterocycles. The minimum Gasteiger partial charge on any atom is -0.507 e. The Morgan fingerprint density at radius 3 is 2.33 bits per heavy atom. The number of aromatic amines is 1. The Morgan fingerprint density at radius 1 is 1.00 bits per heavy atom. The van der Waals surface area contributed by atoms with Crippen LogP contribution in [0.15, 0.2) is 78.5 Å². The Hall–Kier alpha value is -3.74. The summed E-state index contributed by atoms with van der Waals surface area (Å²) in [6, 6.07) is 18.4. The number of nitrogens with one attached hydrogen (secondary N) is 1. The molecule has 2 heterocycles. The minimum atomic E-state index is -0.766. The Morgan fingerprint density at radius 2 is 1.67 bits per heavy atom. The fraction of sp³-hybridized carbons (Fsp3) is 0.143. The highest BCUT2D eigenvalue weighted by Gasteiger charge is 2.45. The van der Waals surface area contributed by atoms with E-state index < -0.39 is 17.7 Å². The van der Waals surface area contributed by atoms with E-state index in [2.05, 4.69) is 4.98 Å². The van der Waals surface area contributed by atoms with Gasteiger partial charge < -0.3 is 19.7 Å². The molecule has 0 bridgehead atoms. The summed E-state index contributed by atoms with van der Waals surface area (Å²) >= 11 is 12.1. The average Bonchev–Trinajstić information content (AvgIpc) is 3.40. The molecule has 6 nitrogen and oxygen atoms in total. The molecule has 8 heteroatoms. The molecule has 0 spiro atoms. The van der Waals surface area contributed by atoms with Crippen molar-refractivity contribution in [3.8, 4) is 5.75 Å². The zero-order valence-electron chi connectivity index (χ0n) is 19.3. The van der Waals surface area contributed by atoms with Crippen molar-refractivity contribution >= 4 is 51.6 Å². The number of ether oxygens (including phenoxy) is 1. The Balaban J connectivity index is 1.55. The molecule has 4 aromatic rings. The monoisotopic (exact) mass is 520 g/mol. The van der Waals surface area contributed by atoms with E-state index in [1.807, 2.05) is 24.4 Å². The minimum absolute atomic E-state index is 0.0326. The fourth-order valence-electron chi connectivity index (χ4n) is 4.60. The number of likely N-dealkylation sites (tertiary alicyclic amines) is 1. The van der Waals surface area contributed by atoms with E-state index in [-0.39, 0.29) is 17.9 Å². The number of carbonyl (C=O) groups is 2. The Labute approximate surface area is 217 Å². The lowest BCUT2D eigenvalue weighted by Crippen LogP contribution is -2.31. The van der Waals surface area contributed by atoms with Gasteiger partial charge in [-0.25, -0.2) is 0 Å². The number of fused-ring (bicyclic) bond motifs is 1. The fourth-order valence-corrected chi connectivity index (χ4v) is 4.85. The van der Waals surface area contributed by atoms with Gasteiger partial charge in [-0.15, -0.1) is 0 Å². The highest BCUT2D eigenvalue weighted by molar-refractivity contribution is 6.46. The first-order valence-electron chi connectivity index (χ1n) is 11.3. The predicted molar refractivity (Wildman–Crippen MR) is 140 cm³/mol. The smallest absolute Gasteiger partial charge is 0.295 e. The number of aromatic nitrogens is 1.